The van der Waals surface area contributed by atoms with Crippen LogP contribution in [0.1, 0.15) is 16.8 Å². The predicted octanol–water partition coefficient (Wildman–Crippen LogP) is 2.05. The van der Waals surface area contributed by atoms with Gasteiger partial charge in [0.15, 0.2) is 6.29 Å². The topological polar surface area (TPSA) is 35.5 Å². The van der Waals surface area contributed by atoms with Crippen LogP contribution in [0.3, 0.4) is 0 Å². The molecule has 0 aliphatic carbocycles. The van der Waals surface area contributed by atoms with Crippen LogP contribution in [-0.2, 0) is 4.74 Å². The van der Waals surface area contributed by atoms with Gasteiger partial charge in [0, 0.05) is 20.1 Å². The average molecular weight is 212 g/mol. The van der Waals surface area contributed by atoms with Gasteiger partial charge in [0.25, 0.3) is 0 Å². The normalized spacial score (nSPS) is 10.0. The second-order valence-corrected chi connectivity index (χ2v) is 2.99. The molecule has 1 aromatic rings. The molecule has 0 aliphatic heterocycles. The molecule has 3 nitrogen and oxygen atoms in total. The van der Waals surface area contributed by atoms with Gasteiger partial charge in [-0.15, -0.1) is 0 Å². The number of hydrogen-bond acceptors (Lipinski definition) is 3. The van der Waals surface area contributed by atoms with Crippen molar-refractivity contribution in [2.24, 2.45) is 0 Å². The van der Waals surface area contributed by atoms with Crippen molar-refractivity contribution < 1.29 is 18.7 Å². The summed E-state index contributed by atoms with van der Waals surface area (Å²) in [6.45, 7) is 1.04. The zero-order valence-corrected chi connectivity index (χ0v) is 8.53. The molecule has 0 saturated carbocycles. The van der Waals surface area contributed by atoms with Crippen molar-refractivity contribution in [3.05, 3.63) is 29.6 Å². The van der Waals surface area contributed by atoms with Crippen LogP contribution in [0.5, 0.6) is 5.75 Å². The highest BCUT2D eigenvalue weighted by Crippen LogP contribution is 2.17. The van der Waals surface area contributed by atoms with Crippen LogP contribution >= 0.6 is 0 Å². The van der Waals surface area contributed by atoms with Crippen LogP contribution in [0.4, 0.5) is 4.39 Å². The quantitative estimate of drug-likeness (QED) is 0.534. The third-order valence-corrected chi connectivity index (χ3v) is 1.85. The van der Waals surface area contributed by atoms with E-state index in [4.69, 9.17) is 9.47 Å². The summed E-state index contributed by atoms with van der Waals surface area (Å²) in [5.41, 5.74) is 0.229. The van der Waals surface area contributed by atoms with Gasteiger partial charge < -0.3 is 9.47 Å². The summed E-state index contributed by atoms with van der Waals surface area (Å²) in [6.07, 6.45) is 1.31. The van der Waals surface area contributed by atoms with Gasteiger partial charge in [0.1, 0.15) is 11.6 Å². The monoisotopic (exact) mass is 212 g/mol. The molecule has 0 atom stereocenters. The van der Waals surface area contributed by atoms with Crippen molar-refractivity contribution in [1.29, 1.82) is 0 Å². The molecule has 0 fully saturated rings. The van der Waals surface area contributed by atoms with Crippen molar-refractivity contribution in [1.82, 2.24) is 0 Å². The number of rotatable bonds is 6. The Hall–Kier alpha value is -1.42. The van der Waals surface area contributed by atoms with Crippen molar-refractivity contribution in [3.8, 4) is 5.75 Å². The smallest absolute Gasteiger partial charge is 0.153 e. The highest BCUT2D eigenvalue weighted by molar-refractivity contribution is 5.79. The molecule has 4 heteroatoms. The van der Waals surface area contributed by atoms with E-state index >= 15 is 0 Å². The maximum Gasteiger partial charge on any atom is 0.153 e. The van der Waals surface area contributed by atoms with Gasteiger partial charge in [-0.05, 0) is 18.2 Å². The fraction of sp³-hybridized carbons (Fsp3) is 0.364. The van der Waals surface area contributed by atoms with E-state index in [1.165, 1.54) is 12.1 Å². The van der Waals surface area contributed by atoms with E-state index in [1.54, 1.807) is 7.11 Å². The Bertz CT molecular complexity index is 326. The third kappa shape index (κ3) is 3.67. The molecule has 0 amide bonds. The van der Waals surface area contributed by atoms with Gasteiger partial charge in [-0.25, -0.2) is 4.39 Å². The molecule has 1 rings (SSSR count). The maximum absolute atomic E-state index is 12.7. The lowest BCUT2D eigenvalue weighted by Gasteiger charge is -2.07. The van der Waals surface area contributed by atoms with E-state index in [0.29, 0.717) is 25.2 Å². The molecular weight excluding hydrogens is 199 g/mol. The molecule has 0 aliphatic rings. The van der Waals surface area contributed by atoms with Crippen LogP contribution in [0.15, 0.2) is 18.2 Å². The lowest BCUT2D eigenvalue weighted by atomic mass is 10.2. The number of ether oxygens (including phenoxy) is 2. The first kappa shape index (κ1) is 11.7. The Kier molecular flexibility index (Phi) is 4.77. The summed E-state index contributed by atoms with van der Waals surface area (Å²) in [4.78, 5) is 10.6. The standard InChI is InChI=1S/C11H13FO3/c1-14-5-2-6-15-11-4-3-10(12)7-9(11)8-13/h3-4,7-8H,2,5-6H2,1H3. The van der Waals surface area contributed by atoms with Crippen molar-refractivity contribution in [3.63, 3.8) is 0 Å². The minimum absolute atomic E-state index is 0.229. The molecule has 0 N–H and O–H groups in total. The van der Waals surface area contributed by atoms with E-state index < -0.39 is 5.82 Å². The minimum Gasteiger partial charge on any atom is -0.493 e. The minimum atomic E-state index is -0.443. The van der Waals surface area contributed by atoms with Gasteiger partial charge in [-0.2, -0.15) is 0 Å². The molecule has 0 unspecified atom stereocenters. The van der Waals surface area contributed by atoms with Crippen LogP contribution < -0.4 is 4.74 Å². The highest BCUT2D eigenvalue weighted by Gasteiger charge is 2.03. The van der Waals surface area contributed by atoms with Crippen LogP contribution in [-0.4, -0.2) is 26.6 Å². The molecule has 15 heavy (non-hydrogen) atoms. The summed E-state index contributed by atoms with van der Waals surface area (Å²) >= 11 is 0. The first-order valence-corrected chi connectivity index (χ1v) is 4.64. The predicted molar refractivity (Wildman–Crippen MR) is 53.8 cm³/mol. The first-order valence-electron chi connectivity index (χ1n) is 4.64. The first-order chi connectivity index (χ1) is 7.27. The number of benzene rings is 1. The van der Waals surface area contributed by atoms with Gasteiger partial charge in [-0.1, -0.05) is 0 Å². The number of halogens is 1. The van der Waals surface area contributed by atoms with Crippen LogP contribution in [0.25, 0.3) is 0 Å². The van der Waals surface area contributed by atoms with Crippen molar-refractivity contribution in [2.75, 3.05) is 20.3 Å². The molecule has 1 aromatic carbocycles. The highest BCUT2D eigenvalue weighted by atomic mass is 19.1. The number of methoxy groups -OCH3 is 1. The zero-order chi connectivity index (χ0) is 11.1. The van der Waals surface area contributed by atoms with Crippen molar-refractivity contribution >= 4 is 6.29 Å². The van der Waals surface area contributed by atoms with Crippen LogP contribution in [0.2, 0.25) is 0 Å². The Balaban J connectivity index is 2.56. The zero-order valence-electron chi connectivity index (χ0n) is 8.53. The lowest BCUT2D eigenvalue weighted by molar-refractivity contribution is 0.111. The van der Waals surface area contributed by atoms with E-state index in [1.807, 2.05) is 0 Å². The SMILES string of the molecule is COCCCOc1ccc(F)cc1C=O. The van der Waals surface area contributed by atoms with Gasteiger partial charge in [0.2, 0.25) is 0 Å². The third-order valence-electron chi connectivity index (χ3n) is 1.85. The maximum atomic E-state index is 12.7. The van der Waals surface area contributed by atoms with Gasteiger partial charge in [-0.3, -0.25) is 4.79 Å². The van der Waals surface area contributed by atoms with Crippen molar-refractivity contribution in [2.45, 2.75) is 6.42 Å². The largest absolute Gasteiger partial charge is 0.493 e. The molecule has 82 valence electrons. The summed E-state index contributed by atoms with van der Waals surface area (Å²) < 4.78 is 22.9. The Labute approximate surface area is 87.8 Å². The number of carbonyl (C=O) groups is 1. The second-order valence-electron chi connectivity index (χ2n) is 2.99. The number of carbonyl (C=O) groups excluding carboxylic acids is 1. The Morgan fingerprint density at radius 1 is 1.40 bits per heavy atom. The van der Waals surface area contributed by atoms with Gasteiger partial charge >= 0.3 is 0 Å². The lowest BCUT2D eigenvalue weighted by Crippen LogP contribution is -2.03. The van der Waals surface area contributed by atoms with E-state index in [0.717, 1.165) is 12.5 Å². The molecular formula is C11H13FO3. The number of hydrogen-bond donors (Lipinski definition) is 0. The fourth-order valence-corrected chi connectivity index (χ4v) is 1.13. The van der Waals surface area contributed by atoms with Crippen LogP contribution in [0, 0.1) is 5.82 Å². The molecule has 0 spiro atoms. The molecule has 0 heterocycles. The molecule has 0 saturated heterocycles. The molecule has 0 radical (unpaired) electrons. The Morgan fingerprint density at radius 3 is 2.87 bits per heavy atom. The summed E-state index contributed by atoms with van der Waals surface area (Å²) in [5, 5.41) is 0. The second kappa shape index (κ2) is 6.14. The molecule has 0 aromatic heterocycles. The van der Waals surface area contributed by atoms with E-state index in [9.17, 15) is 9.18 Å². The van der Waals surface area contributed by atoms with E-state index in [2.05, 4.69) is 0 Å². The average Bonchev–Trinajstić information content (AvgIpc) is 2.26. The van der Waals surface area contributed by atoms with Gasteiger partial charge in [0.05, 0.1) is 12.2 Å². The Morgan fingerprint density at radius 2 is 2.20 bits per heavy atom. The molecule has 0 bridgehead atoms. The summed E-state index contributed by atoms with van der Waals surface area (Å²) in [5.74, 6) is -0.0381. The van der Waals surface area contributed by atoms with E-state index in [-0.39, 0.29) is 5.56 Å². The summed E-state index contributed by atoms with van der Waals surface area (Å²) in [6, 6.07) is 3.86. The number of aldehydes is 1. The fourth-order valence-electron chi connectivity index (χ4n) is 1.13. The summed E-state index contributed by atoms with van der Waals surface area (Å²) in [7, 11) is 1.61.